The van der Waals surface area contributed by atoms with Crippen molar-refractivity contribution in [3.8, 4) is 5.75 Å². The number of hydrogen-bond acceptors (Lipinski definition) is 3. The van der Waals surface area contributed by atoms with Crippen LogP contribution in [0.15, 0.2) is 29.3 Å². The van der Waals surface area contributed by atoms with E-state index in [0.29, 0.717) is 12.6 Å². The van der Waals surface area contributed by atoms with Crippen molar-refractivity contribution in [2.24, 2.45) is 4.99 Å². The fraction of sp³-hybridized carbons (Fsp3) is 0.417. The Morgan fingerprint density at radius 3 is 2.60 bits per heavy atom. The smallest absolute Gasteiger partial charge is 0.235 e. The SMILES string of the molecule is O=C=NCc1ccc(OC2CCC2)cc1. The first-order valence-electron chi connectivity index (χ1n) is 5.18. The summed E-state index contributed by atoms with van der Waals surface area (Å²) in [7, 11) is 0. The number of aliphatic imine (C=N–C) groups is 1. The van der Waals surface area contributed by atoms with Gasteiger partial charge in [-0.2, -0.15) is 0 Å². The van der Waals surface area contributed by atoms with Gasteiger partial charge in [0.2, 0.25) is 6.08 Å². The molecule has 0 spiro atoms. The van der Waals surface area contributed by atoms with Crippen molar-refractivity contribution in [3.05, 3.63) is 29.8 Å². The van der Waals surface area contributed by atoms with Crippen LogP contribution in [0.25, 0.3) is 0 Å². The van der Waals surface area contributed by atoms with Crippen molar-refractivity contribution < 1.29 is 9.53 Å². The van der Waals surface area contributed by atoms with E-state index in [1.807, 2.05) is 24.3 Å². The third-order valence-corrected chi connectivity index (χ3v) is 2.60. The molecule has 3 nitrogen and oxygen atoms in total. The van der Waals surface area contributed by atoms with E-state index in [9.17, 15) is 4.79 Å². The van der Waals surface area contributed by atoms with Gasteiger partial charge in [-0.05, 0) is 37.0 Å². The van der Waals surface area contributed by atoms with E-state index in [4.69, 9.17) is 4.74 Å². The van der Waals surface area contributed by atoms with Crippen LogP contribution in [-0.4, -0.2) is 12.2 Å². The molecular formula is C12H13NO2. The average Bonchev–Trinajstić information content (AvgIpc) is 2.22. The summed E-state index contributed by atoms with van der Waals surface area (Å²) in [6.07, 6.45) is 5.53. The number of nitrogens with zero attached hydrogens (tertiary/aromatic N) is 1. The van der Waals surface area contributed by atoms with Gasteiger partial charge in [0, 0.05) is 0 Å². The predicted octanol–water partition coefficient (Wildman–Crippen LogP) is 2.45. The lowest BCUT2D eigenvalue weighted by Crippen LogP contribution is -2.24. The Hall–Kier alpha value is -1.60. The van der Waals surface area contributed by atoms with E-state index in [2.05, 4.69) is 4.99 Å². The number of hydrogen-bond donors (Lipinski definition) is 0. The van der Waals surface area contributed by atoms with Crippen molar-refractivity contribution in [1.82, 2.24) is 0 Å². The van der Waals surface area contributed by atoms with Crippen molar-refractivity contribution >= 4 is 6.08 Å². The molecule has 0 bridgehead atoms. The summed E-state index contributed by atoms with van der Waals surface area (Å²) < 4.78 is 5.70. The maximum atomic E-state index is 9.92. The van der Waals surface area contributed by atoms with Gasteiger partial charge in [0.25, 0.3) is 0 Å². The summed E-state index contributed by atoms with van der Waals surface area (Å²) in [6.45, 7) is 0.396. The van der Waals surface area contributed by atoms with Crippen molar-refractivity contribution in [3.63, 3.8) is 0 Å². The molecule has 15 heavy (non-hydrogen) atoms. The molecule has 1 aromatic carbocycles. The van der Waals surface area contributed by atoms with Crippen LogP contribution in [0.5, 0.6) is 5.75 Å². The summed E-state index contributed by atoms with van der Waals surface area (Å²) >= 11 is 0. The fourth-order valence-corrected chi connectivity index (χ4v) is 1.48. The molecule has 1 aliphatic rings. The first-order chi connectivity index (χ1) is 7.38. The van der Waals surface area contributed by atoms with Crippen LogP contribution in [0, 0.1) is 0 Å². The summed E-state index contributed by atoms with van der Waals surface area (Å²) in [6, 6.07) is 7.70. The van der Waals surface area contributed by atoms with Crippen LogP contribution >= 0.6 is 0 Å². The number of ether oxygens (including phenoxy) is 1. The Morgan fingerprint density at radius 1 is 1.33 bits per heavy atom. The second-order valence-corrected chi connectivity index (χ2v) is 3.72. The number of benzene rings is 1. The minimum absolute atomic E-state index is 0.396. The predicted molar refractivity (Wildman–Crippen MR) is 56.5 cm³/mol. The fourth-order valence-electron chi connectivity index (χ4n) is 1.48. The molecule has 0 unspecified atom stereocenters. The molecule has 1 aromatic rings. The standard InChI is InChI=1S/C12H13NO2/c14-9-13-8-10-4-6-12(7-5-10)15-11-2-1-3-11/h4-7,11H,1-3,8H2. The molecule has 0 amide bonds. The molecule has 0 aromatic heterocycles. The normalized spacial score (nSPS) is 15.2. The van der Waals surface area contributed by atoms with Crippen molar-refractivity contribution in [2.45, 2.75) is 31.9 Å². The highest BCUT2D eigenvalue weighted by Crippen LogP contribution is 2.25. The van der Waals surface area contributed by atoms with Gasteiger partial charge in [-0.1, -0.05) is 12.1 Å². The highest BCUT2D eigenvalue weighted by molar-refractivity contribution is 5.34. The monoisotopic (exact) mass is 203 g/mol. The number of carbonyl (C=O) groups excluding carboxylic acids is 1. The highest BCUT2D eigenvalue weighted by Gasteiger charge is 2.18. The van der Waals surface area contributed by atoms with E-state index in [1.54, 1.807) is 0 Å². The first-order valence-corrected chi connectivity index (χ1v) is 5.18. The quantitative estimate of drug-likeness (QED) is 0.557. The van der Waals surface area contributed by atoms with Gasteiger partial charge in [-0.15, -0.1) is 0 Å². The van der Waals surface area contributed by atoms with E-state index in [0.717, 1.165) is 24.2 Å². The lowest BCUT2D eigenvalue weighted by Gasteiger charge is -2.26. The molecule has 0 radical (unpaired) electrons. The van der Waals surface area contributed by atoms with Gasteiger partial charge in [0.05, 0.1) is 12.6 Å². The van der Waals surface area contributed by atoms with Gasteiger partial charge in [-0.25, -0.2) is 9.79 Å². The molecule has 78 valence electrons. The largest absolute Gasteiger partial charge is 0.490 e. The Bertz CT molecular complexity index is 362. The van der Waals surface area contributed by atoms with E-state index >= 15 is 0 Å². The van der Waals surface area contributed by atoms with Gasteiger partial charge < -0.3 is 4.74 Å². The van der Waals surface area contributed by atoms with Crippen LogP contribution in [0.2, 0.25) is 0 Å². The molecule has 2 rings (SSSR count). The number of rotatable bonds is 4. The van der Waals surface area contributed by atoms with E-state index in [-0.39, 0.29) is 0 Å². The number of isocyanates is 1. The highest BCUT2D eigenvalue weighted by atomic mass is 16.5. The minimum Gasteiger partial charge on any atom is -0.490 e. The van der Waals surface area contributed by atoms with Crippen molar-refractivity contribution in [1.29, 1.82) is 0 Å². The lowest BCUT2D eigenvalue weighted by atomic mass is 9.96. The Balaban J connectivity index is 1.93. The maximum absolute atomic E-state index is 9.92. The van der Waals surface area contributed by atoms with Crippen LogP contribution in [-0.2, 0) is 11.3 Å². The molecule has 0 heterocycles. The zero-order chi connectivity index (χ0) is 10.5. The van der Waals surface area contributed by atoms with Crippen LogP contribution in [0.3, 0.4) is 0 Å². The molecule has 0 N–H and O–H groups in total. The van der Waals surface area contributed by atoms with Gasteiger partial charge >= 0.3 is 0 Å². The summed E-state index contributed by atoms with van der Waals surface area (Å²) in [5.74, 6) is 0.901. The molecule has 1 fully saturated rings. The zero-order valence-corrected chi connectivity index (χ0v) is 8.48. The third-order valence-electron chi connectivity index (χ3n) is 2.60. The third kappa shape index (κ3) is 2.67. The molecule has 0 saturated heterocycles. The molecule has 3 heteroatoms. The molecular weight excluding hydrogens is 190 g/mol. The van der Waals surface area contributed by atoms with Crippen LogP contribution < -0.4 is 4.74 Å². The second-order valence-electron chi connectivity index (χ2n) is 3.72. The van der Waals surface area contributed by atoms with Crippen molar-refractivity contribution in [2.75, 3.05) is 0 Å². The zero-order valence-electron chi connectivity index (χ0n) is 8.48. The van der Waals surface area contributed by atoms with E-state index in [1.165, 1.54) is 12.5 Å². The summed E-state index contributed by atoms with van der Waals surface area (Å²) in [5, 5.41) is 0. The lowest BCUT2D eigenvalue weighted by molar-refractivity contribution is 0.120. The minimum atomic E-state index is 0.396. The molecule has 1 saturated carbocycles. The summed E-state index contributed by atoms with van der Waals surface area (Å²) in [4.78, 5) is 13.4. The second kappa shape index (κ2) is 4.76. The maximum Gasteiger partial charge on any atom is 0.235 e. The summed E-state index contributed by atoms with van der Waals surface area (Å²) in [5.41, 5.74) is 0.999. The van der Waals surface area contributed by atoms with Crippen LogP contribution in [0.1, 0.15) is 24.8 Å². The van der Waals surface area contributed by atoms with Gasteiger partial charge in [0.1, 0.15) is 5.75 Å². The molecule has 1 aliphatic carbocycles. The average molecular weight is 203 g/mol. The Labute approximate surface area is 88.8 Å². The molecule has 0 atom stereocenters. The molecule has 0 aliphatic heterocycles. The topological polar surface area (TPSA) is 38.7 Å². The Morgan fingerprint density at radius 2 is 2.07 bits per heavy atom. The van der Waals surface area contributed by atoms with Crippen LogP contribution in [0.4, 0.5) is 0 Å². The van der Waals surface area contributed by atoms with Gasteiger partial charge in [0.15, 0.2) is 0 Å². The van der Waals surface area contributed by atoms with E-state index < -0.39 is 0 Å². The Kier molecular flexibility index (Phi) is 3.15. The van der Waals surface area contributed by atoms with Gasteiger partial charge in [-0.3, -0.25) is 0 Å². The first kappa shape index (κ1) is 9.94.